The molecule has 17 heavy (non-hydrogen) atoms. The molecule has 2 heterocycles. The van der Waals surface area contributed by atoms with E-state index in [1.807, 2.05) is 4.90 Å². The van der Waals surface area contributed by atoms with E-state index in [2.05, 4.69) is 12.2 Å². The summed E-state index contributed by atoms with van der Waals surface area (Å²) < 4.78 is 5.42. The normalized spacial score (nSPS) is 25.4. The van der Waals surface area contributed by atoms with Crippen LogP contribution in [-0.2, 0) is 9.53 Å². The van der Waals surface area contributed by atoms with Crippen molar-refractivity contribution in [3.05, 3.63) is 0 Å². The lowest BCUT2D eigenvalue weighted by molar-refractivity contribution is -0.144. The van der Waals surface area contributed by atoms with Gasteiger partial charge in [-0.3, -0.25) is 4.79 Å². The molecule has 0 atom stereocenters. The van der Waals surface area contributed by atoms with Gasteiger partial charge in [-0.2, -0.15) is 0 Å². The SMILES string of the molecule is CCC1(C(=O)N2CCCOCC2)CCNCC1. The number of piperidine rings is 1. The van der Waals surface area contributed by atoms with Crippen LogP contribution in [0.5, 0.6) is 0 Å². The summed E-state index contributed by atoms with van der Waals surface area (Å²) >= 11 is 0. The van der Waals surface area contributed by atoms with Crippen molar-refractivity contribution < 1.29 is 9.53 Å². The van der Waals surface area contributed by atoms with Gasteiger partial charge in [0.1, 0.15) is 0 Å². The molecule has 0 aromatic heterocycles. The van der Waals surface area contributed by atoms with Gasteiger partial charge in [0.05, 0.1) is 12.0 Å². The highest BCUT2D eigenvalue weighted by atomic mass is 16.5. The minimum atomic E-state index is -0.102. The lowest BCUT2D eigenvalue weighted by atomic mass is 9.75. The van der Waals surface area contributed by atoms with Crippen LogP contribution in [0.4, 0.5) is 0 Å². The van der Waals surface area contributed by atoms with E-state index in [0.717, 1.165) is 58.5 Å². The van der Waals surface area contributed by atoms with Gasteiger partial charge in [-0.25, -0.2) is 0 Å². The van der Waals surface area contributed by atoms with Crippen molar-refractivity contribution >= 4 is 5.91 Å². The number of hydrogen-bond acceptors (Lipinski definition) is 3. The molecule has 2 aliphatic heterocycles. The molecule has 2 fully saturated rings. The first kappa shape index (κ1) is 12.8. The molecular formula is C13H24N2O2. The molecule has 0 aliphatic carbocycles. The zero-order chi connectivity index (χ0) is 12.1. The van der Waals surface area contributed by atoms with Gasteiger partial charge in [-0.05, 0) is 38.8 Å². The van der Waals surface area contributed by atoms with Crippen LogP contribution < -0.4 is 5.32 Å². The maximum atomic E-state index is 12.7. The number of amides is 1. The summed E-state index contributed by atoms with van der Waals surface area (Å²) in [6, 6.07) is 0. The van der Waals surface area contributed by atoms with Crippen LogP contribution in [0.2, 0.25) is 0 Å². The highest BCUT2D eigenvalue weighted by Crippen LogP contribution is 2.34. The molecule has 98 valence electrons. The Bertz CT molecular complexity index is 254. The average molecular weight is 240 g/mol. The van der Waals surface area contributed by atoms with E-state index in [4.69, 9.17) is 4.74 Å². The van der Waals surface area contributed by atoms with Gasteiger partial charge in [-0.1, -0.05) is 6.92 Å². The van der Waals surface area contributed by atoms with Crippen LogP contribution >= 0.6 is 0 Å². The molecular weight excluding hydrogens is 216 g/mol. The minimum Gasteiger partial charge on any atom is -0.380 e. The van der Waals surface area contributed by atoms with E-state index in [1.165, 1.54) is 0 Å². The smallest absolute Gasteiger partial charge is 0.228 e. The third-order valence-electron chi connectivity index (χ3n) is 4.20. The Balaban J connectivity index is 2.04. The van der Waals surface area contributed by atoms with E-state index in [1.54, 1.807) is 0 Å². The number of carbonyl (C=O) groups excluding carboxylic acids is 1. The first-order valence-electron chi connectivity index (χ1n) is 6.86. The van der Waals surface area contributed by atoms with Crippen LogP contribution in [0, 0.1) is 5.41 Å². The number of nitrogens with one attached hydrogen (secondary N) is 1. The standard InChI is InChI=1S/C13H24N2O2/c1-2-13(4-6-14-7-5-13)12(16)15-8-3-10-17-11-9-15/h14H,2-11H2,1H3. The number of carbonyl (C=O) groups is 1. The van der Waals surface area contributed by atoms with Gasteiger partial charge in [0, 0.05) is 19.7 Å². The van der Waals surface area contributed by atoms with E-state index in [9.17, 15) is 4.79 Å². The molecule has 0 spiro atoms. The Hall–Kier alpha value is -0.610. The molecule has 0 radical (unpaired) electrons. The van der Waals surface area contributed by atoms with Gasteiger partial charge in [0.25, 0.3) is 0 Å². The summed E-state index contributed by atoms with van der Waals surface area (Å²) in [5, 5.41) is 3.35. The van der Waals surface area contributed by atoms with Gasteiger partial charge >= 0.3 is 0 Å². The fourth-order valence-corrected chi connectivity index (χ4v) is 2.91. The first-order chi connectivity index (χ1) is 8.28. The van der Waals surface area contributed by atoms with E-state index in [0.29, 0.717) is 12.5 Å². The van der Waals surface area contributed by atoms with Gasteiger partial charge in [-0.15, -0.1) is 0 Å². The predicted octanol–water partition coefficient (Wildman–Crippen LogP) is 1.02. The van der Waals surface area contributed by atoms with Crippen molar-refractivity contribution in [2.45, 2.75) is 32.6 Å². The summed E-state index contributed by atoms with van der Waals surface area (Å²) in [5.41, 5.74) is -0.102. The number of hydrogen-bond donors (Lipinski definition) is 1. The molecule has 0 bridgehead atoms. The van der Waals surface area contributed by atoms with E-state index >= 15 is 0 Å². The Morgan fingerprint density at radius 2 is 2.06 bits per heavy atom. The second-order valence-corrected chi connectivity index (χ2v) is 5.14. The quantitative estimate of drug-likeness (QED) is 0.783. The molecule has 0 aromatic rings. The van der Waals surface area contributed by atoms with Crippen molar-refractivity contribution in [1.82, 2.24) is 10.2 Å². The molecule has 1 N–H and O–H groups in total. The number of ether oxygens (including phenoxy) is 1. The summed E-state index contributed by atoms with van der Waals surface area (Å²) in [4.78, 5) is 14.7. The number of rotatable bonds is 2. The van der Waals surface area contributed by atoms with Crippen molar-refractivity contribution in [1.29, 1.82) is 0 Å². The second kappa shape index (κ2) is 5.83. The Morgan fingerprint density at radius 1 is 1.29 bits per heavy atom. The number of nitrogens with zero attached hydrogens (tertiary/aromatic N) is 1. The summed E-state index contributed by atoms with van der Waals surface area (Å²) in [5.74, 6) is 0.368. The highest BCUT2D eigenvalue weighted by molar-refractivity contribution is 5.83. The van der Waals surface area contributed by atoms with E-state index < -0.39 is 0 Å². The van der Waals surface area contributed by atoms with Crippen LogP contribution in [0.1, 0.15) is 32.6 Å². The van der Waals surface area contributed by atoms with Crippen LogP contribution in [0.3, 0.4) is 0 Å². The third-order valence-corrected chi connectivity index (χ3v) is 4.20. The fraction of sp³-hybridized carbons (Fsp3) is 0.923. The molecule has 2 rings (SSSR count). The molecule has 4 nitrogen and oxygen atoms in total. The summed E-state index contributed by atoms with van der Waals surface area (Å²) in [6.07, 6.45) is 3.91. The second-order valence-electron chi connectivity index (χ2n) is 5.14. The van der Waals surface area contributed by atoms with Crippen LogP contribution in [0.25, 0.3) is 0 Å². The van der Waals surface area contributed by atoms with E-state index in [-0.39, 0.29) is 5.41 Å². The molecule has 2 aliphatic rings. The largest absolute Gasteiger partial charge is 0.380 e. The molecule has 0 unspecified atom stereocenters. The zero-order valence-electron chi connectivity index (χ0n) is 10.8. The molecule has 2 saturated heterocycles. The lowest BCUT2D eigenvalue weighted by Crippen LogP contribution is -2.49. The fourth-order valence-electron chi connectivity index (χ4n) is 2.91. The minimum absolute atomic E-state index is 0.102. The summed E-state index contributed by atoms with van der Waals surface area (Å²) in [7, 11) is 0. The maximum Gasteiger partial charge on any atom is 0.228 e. The van der Waals surface area contributed by atoms with Gasteiger partial charge < -0.3 is 15.0 Å². The average Bonchev–Trinajstić information content (AvgIpc) is 2.67. The van der Waals surface area contributed by atoms with Crippen LogP contribution in [-0.4, -0.2) is 50.2 Å². The van der Waals surface area contributed by atoms with Crippen molar-refractivity contribution in [3.63, 3.8) is 0 Å². The molecule has 0 aromatic carbocycles. The molecule has 4 heteroatoms. The maximum absolute atomic E-state index is 12.7. The third kappa shape index (κ3) is 2.80. The first-order valence-corrected chi connectivity index (χ1v) is 6.86. The van der Waals surface area contributed by atoms with Gasteiger partial charge in [0.2, 0.25) is 5.91 Å². The van der Waals surface area contributed by atoms with Crippen molar-refractivity contribution in [2.24, 2.45) is 5.41 Å². The lowest BCUT2D eigenvalue weighted by Gasteiger charge is -2.39. The van der Waals surface area contributed by atoms with Gasteiger partial charge in [0.15, 0.2) is 0 Å². The zero-order valence-corrected chi connectivity index (χ0v) is 10.8. The Morgan fingerprint density at radius 3 is 2.76 bits per heavy atom. The molecule has 1 amide bonds. The van der Waals surface area contributed by atoms with Crippen molar-refractivity contribution in [3.8, 4) is 0 Å². The Kier molecular flexibility index (Phi) is 4.40. The summed E-state index contributed by atoms with van der Waals surface area (Å²) in [6.45, 7) is 7.24. The topological polar surface area (TPSA) is 41.6 Å². The van der Waals surface area contributed by atoms with Crippen molar-refractivity contribution in [2.75, 3.05) is 39.4 Å². The monoisotopic (exact) mass is 240 g/mol. The highest BCUT2D eigenvalue weighted by Gasteiger charge is 2.40. The van der Waals surface area contributed by atoms with Crippen LogP contribution in [0.15, 0.2) is 0 Å². The predicted molar refractivity (Wildman–Crippen MR) is 66.8 cm³/mol. The Labute approximate surface area is 104 Å². The molecule has 0 saturated carbocycles.